The number of fused-ring (bicyclic) bond motifs is 24. The van der Waals surface area contributed by atoms with Crippen molar-refractivity contribution in [3.05, 3.63) is 285 Å². The molecule has 0 aliphatic heterocycles. The second-order valence-corrected chi connectivity index (χ2v) is 24.6. The molecule has 0 saturated carbocycles. The molecule has 7 nitrogen and oxygen atoms in total. The molecule has 0 N–H and O–H groups in total. The highest BCUT2D eigenvalue weighted by Gasteiger charge is 2.28. The van der Waals surface area contributed by atoms with Gasteiger partial charge < -0.3 is 4.57 Å². The SMILES string of the molecule is c1ccc(-c2nc(-n3c4ccccc4c4c5cc(-c6cccc(-c7nc(-n8c9ccccc9c9c%10c%11ccccc%11n(-c%11ccccc%11)c%10c%10ccccc%10c98)nc8ccccc78)c6)ccc5c5c6ccccc6sc5c43)nc3c2ccc2ccccc23)cc1. The van der Waals surface area contributed by atoms with Gasteiger partial charge in [-0.2, -0.15) is 0 Å². The standard InChI is InChI=1S/C82H47N7S/c1-3-23-49(24-4-1)74-63-45-42-48-22-7-8-29-54(48)76(63)86-82(84-74)89-67-39-18-12-33-59(67)70-64-47-51(43-44-55(64)71-62-36-15-20-41-69(62)90-80(71)79(70)89)50-25-21-26-52(46-50)75-58-32-11-16-37-65(58)83-81(85-75)88-68-40-19-14-35-61(68)73-72-60-34-13-17-38-66(60)87(53-27-5-2-6-28-53)77(72)56-30-9-10-31-57(56)78(73)88/h1-47H. The van der Waals surface area contributed by atoms with Gasteiger partial charge in [-0.3, -0.25) is 9.13 Å². The van der Waals surface area contributed by atoms with Gasteiger partial charge in [0.25, 0.3) is 0 Å². The maximum Gasteiger partial charge on any atom is 0.235 e. The Labute approximate surface area is 517 Å². The molecule has 0 saturated heterocycles. The van der Waals surface area contributed by atoms with Crippen molar-refractivity contribution in [3.8, 4) is 51.2 Å². The molecule has 0 atom stereocenters. The van der Waals surface area contributed by atoms with Crippen LogP contribution in [0.5, 0.6) is 0 Å². The van der Waals surface area contributed by atoms with E-state index >= 15 is 0 Å². The molecule has 20 aromatic rings. The highest BCUT2D eigenvalue weighted by atomic mass is 32.1. The van der Waals surface area contributed by atoms with Gasteiger partial charge in [-0.15, -0.1) is 11.3 Å². The fourth-order valence-corrected chi connectivity index (χ4v) is 16.3. The van der Waals surface area contributed by atoms with Crippen LogP contribution >= 0.6 is 11.3 Å². The van der Waals surface area contributed by atoms with Crippen LogP contribution in [0.15, 0.2) is 285 Å². The molecule has 0 spiro atoms. The molecular weight excluding hydrogens is 1120 g/mol. The molecule has 20 rings (SSSR count). The summed E-state index contributed by atoms with van der Waals surface area (Å²) in [4.78, 5) is 22.6. The lowest BCUT2D eigenvalue weighted by Gasteiger charge is -2.15. The lowest BCUT2D eigenvalue weighted by Crippen LogP contribution is -2.04. The first-order valence-electron chi connectivity index (χ1n) is 30.5. The zero-order valence-corrected chi connectivity index (χ0v) is 49.0. The Hall–Kier alpha value is -11.8. The molecule has 6 aromatic heterocycles. The number of aromatic nitrogens is 7. The topological polar surface area (TPSA) is 66.3 Å². The first-order chi connectivity index (χ1) is 44.7. The van der Waals surface area contributed by atoms with Crippen LogP contribution < -0.4 is 0 Å². The average Bonchev–Trinajstić information content (AvgIpc) is 1.53. The molecule has 14 aromatic carbocycles. The Morgan fingerprint density at radius 2 is 0.778 bits per heavy atom. The molecule has 90 heavy (non-hydrogen) atoms. The Balaban J connectivity index is 0.824. The third kappa shape index (κ3) is 6.93. The van der Waals surface area contributed by atoms with Crippen molar-refractivity contribution in [1.29, 1.82) is 0 Å². The summed E-state index contributed by atoms with van der Waals surface area (Å²) in [5.74, 6) is 1.26. The molecule has 0 amide bonds. The summed E-state index contributed by atoms with van der Waals surface area (Å²) < 4.78 is 9.57. The average molecular weight is 1160 g/mol. The van der Waals surface area contributed by atoms with Crippen molar-refractivity contribution in [2.24, 2.45) is 0 Å². The number of hydrogen-bond acceptors (Lipinski definition) is 5. The highest BCUT2D eigenvalue weighted by molar-refractivity contribution is 7.27. The van der Waals surface area contributed by atoms with Crippen LogP contribution in [0.1, 0.15) is 0 Å². The van der Waals surface area contributed by atoms with E-state index in [1.807, 2.05) is 11.3 Å². The van der Waals surface area contributed by atoms with Crippen LogP contribution in [0.3, 0.4) is 0 Å². The largest absolute Gasteiger partial charge is 0.309 e. The summed E-state index contributed by atoms with van der Waals surface area (Å²) in [5, 5.41) is 18.4. The minimum Gasteiger partial charge on any atom is -0.309 e. The molecule has 0 radical (unpaired) electrons. The minimum atomic E-state index is 0.618. The van der Waals surface area contributed by atoms with Gasteiger partial charge in [-0.25, -0.2) is 19.9 Å². The van der Waals surface area contributed by atoms with E-state index in [9.17, 15) is 0 Å². The molecule has 6 heterocycles. The van der Waals surface area contributed by atoms with E-state index in [4.69, 9.17) is 19.9 Å². The Bertz CT molecular complexity index is 6470. The summed E-state index contributed by atoms with van der Waals surface area (Å²) >= 11 is 1.85. The fraction of sp³-hybridized carbons (Fsp3) is 0. The number of nitrogens with zero attached hydrogens (tertiary/aromatic N) is 7. The number of rotatable bonds is 6. The Morgan fingerprint density at radius 3 is 1.51 bits per heavy atom. The van der Waals surface area contributed by atoms with Gasteiger partial charge in [0.1, 0.15) is 0 Å². The van der Waals surface area contributed by atoms with Crippen molar-refractivity contribution in [1.82, 2.24) is 33.6 Å². The van der Waals surface area contributed by atoms with Crippen molar-refractivity contribution < 1.29 is 0 Å². The maximum absolute atomic E-state index is 5.76. The van der Waals surface area contributed by atoms with E-state index < -0.39 is 0 Å². The Morgan fingerprint density at radius 1 is 0.267 bits per heavy atom. The van der Waals surface area contributed by atoms with E-state index in [0.717, 1.165) is 121 Å². The van der Waals surface area contributed by atoms with Gasteiger partial charge in [0.15, 0.2) is 0 Å². The van der Waals surface area contributed by atoms with Gasteiger partial charge in [0, 0.05) is 91.5 Å². The van der Waals surface area contributed by atoms with Crippen molar-refractivity contribution in [2.45, 2.75) is 0 Å². The van der Waals surface area contributed by atoms with E-state index in [1.54, 1.807) is 0 Å². The van der Waals surface area contributed by atoms with Gasteiger partial charge in [-0.1, -0.05) is 224 Å². The summed E-state index contributed by atoms with van der Waals surface area (Å²) in [6.45, 7) is 0. The van der Waals surface area contributed by atoms with Crippen LogP contribution in [0.2, 0.25) is 0 Å². The second kappa shape index (κ2) is 18.8. The maximum atomic E-state index is 5.76. The number of hydrogen-bond donors (Lipinski definition) is 0. The molecule has 0 fully saturated rings. The molecule has 0 aliphatic rings. The predicted octanol–water partition coefficient (Wildman–Crippen LogP) is 21.7. The molecule has 416 valence electrons. The van der Waals surface area contributed by atoms with Gasteiger partial charge in [0.05, 0.1) is 60.2 Å². The normalized spacial score (nSPS) is 12.2. The van der Waals surface area contributed by atoms with Crippen LogP contribution in [0.25, 0.3) is 191 Å². The smallest absolute Gasteiger partial charge is 0.235 e. The van der Waals surface area contributed by atoms with Crippen molar-refractivity contribution >= 4 is 151 Å². The van der Waals surface area contributed by atoms with Crippen LogP contribution in [0, 0.1) is 0 Å². The van der Waals surface area contributed by atoms with Crippen LogP contribution in [0.4, 0.5) is 0 Å². The van der Waals surface area contributed by atoms with E-state index in [2.05, 4.69) is 299 Å². The number of thiophene rings is 1. The summed E-state index contributed by atoms with van der Waals surface area (Å²) in [5.41, 5.74) is 15.6. The second-order valence-electron chi connectivity index (χ2n) is 23.6. The molecule has 8 heteroatoms. The van der Waals surface area contributed by atoms with E-state index in [1.165, 1.54) is 58.0 Å². The molecular formula is C82H47N7S. The van der Waals surface area contributed by atoms with Gasteiger partial charge in [-0.05, 0) is 87.9 Å². The minimum absolute atomic E-state index is 0.618. The third-order valence-electron chi connectivity index (χ3n) is 18.8. The van der Waals surface area contributed by atoms with Crippen LogP contribution in [-0.2, 0) is 0 Å². The van der Waals surface area contributed by atoms with E-state index in [-0.39, 0.29) is 0 Å². The fourth-order valence-electron chi connectivity index (χ4n) is 15.0. The monoisotopic (exact) mass is 1160 g/mol. The molecule has 0 unspecified atom stereocenters. The van der Waals surface area contributed by atoms with Gasteiger partial charge >= 0.3 is 0 Å². The highest BCUT2D eigenvalue weighted by Crippen LogP contribution is 2.51. The lowest BCUT2D eigenvalue weighted by atomic mass is 9.94. The van der Waals surface area contributed by atoms with E-state index in [0.29, 0.717) is 11.9 Å². The zero-order chi connectivity index (χ0) is 58.7. The lowest BCUT2D eigenvalue weighted by molar-refractivity contribution is 1.02. The number of benzene rings is 14. The first kappa shape index (κ1) is 49.3. The summed E-state index contributed by atoms with van der Waals surface area (Å²) in [7, 11) is 0. The number of para-hydroxylation sites is 5. The third-order valence-corrected chi connectivity index (χ3v) is 20.0. The predicted molar refractivity (Wildman–Crippen MR) is 377 cm³/mol. The molecule has 0 bridgehead atoms. The van der Waals surface area contributed by atoms with Crippen LogP contribution in [-0.4, -0.2) is 33.6 Å². The molecule has 0 aliphatic carbocycles. The quantitative estimate of drug-likeness (QED) is 0.156. The first-order valence-corrected chi connectivity index (χ1v) is 31.4. The Kier molecular flexibility index (Phi) is 10.3. The zero-order valence-electron chi connectivity index (χ0n) is 48.2. The van der Waals surface area contributed by atoms with Crippen molar-refractivity contribution in [3.63, 3.8) is 0 Å². The van der Waals surface area contributed by atoms with Gasteiger partial charge in [0.2, 0.25) is 11.9 Å². The van der Waals surface area contributed by atoms with Crippen molar-refractivity contribution in [2.75, 3.05) is 0 Å². The summed E-state index contributed by atoms with van der Waals surface area (Å²) in [6, 6.07) is 103. The summed E-state index contributed by atoms with van der Waals surface area (Å²) in [6.07, 6.45) is 0.